The number of piperidine rings is 1. The Balaban J connectivity index is 1.68. The highest BCUT2D eigenvalue weighted by Gasteiger charge is 2.39. The van der Waals surface area contributed by atoms with Crippen molar-refractivity contribution >= 4 is 31.4 Å². The lowest BCUT2D eigenvalue weighted by atomic mass is 9.82. The summed E-state index contributed by atoms with van der Waals surface area (Å²) >= 11 is 1.72. The third kappa shape index (κ3) is 2.85. The van der Waals surface area contributed by atoms with E-state index in [-0.39, 0.29) is 17.4 Å². The molecule has 0 aliphatic carbocycles. The van der Waals surface area contributed by atoms with Gasteiger partial charge in [-0.1, -0.05) is 18.2 Å². The molecule has 5 rings (SSSR count). The Morgan fingerprint density at radius 2 is 1.89 bits per heavy atom. The largest absolute Gasteiger partial charge is 0.311 e. The second-order valence-electron chi connectivity index (χ2n) is 7.61. The van der Waals surface area contributed by atoms with Crippen molar-refractivity contribution in [3.8, 4) is 10.4 Å². The van der Waals surface area contributed by atoms with Gasteiger partial charge in [0.15, 0.2) is 0 Å². The summed E-state index contributed by atoms with van der Waals surface area (Å²) in [6.45, 7) is 1.56. The number of hydrogen-bond donors (Lipinski definition) is 0. The predicted octanol–water partition coefficient (Wildman–Crippen LogP) is 3.11. The van der Waals surface area contributed by atoms with Gasteiger partial charge in [-0.3, -0.25) is 4.79 Å². The number of sulfonamides is 1. The fourth-order valence-electron chi connectivity index (χ4n) is 4.56. The predicted molar refractivity (Wildman–Crippen MR) is 109 cm³/mol. The Bertz CT molecular complexity index is 1180. The van der Waals surface area contributed by atoms with Crippen molar-refractivity contribution in [3.05, 3.63) is 58.5 Å². The van der Waals surface area contributed by atoms with E-state index in [2.05, 4.69) is 18.2 Å². The maximum atomic E-state index is 12.6. The number of benzene rings is 1. The highest BCUT2D eigenvalue weighted by molar-refractivity contribution is 7.88. The molecule has 0 amide bonds. The highest BCUT2D eigenvalue weighted by atomic mass is 32.2. The van der Waals surface area contributed by atoms with E-state index in [1.165, 1.54) is 16.3 Å². The summed E-state index contributed by atoms with van der Waals surface area (Å²) in [5, 5.41) is 1.19. The van der Waals surface area contributed by atoms with Gasteiger partial charge >= 0.3 is 0 Å². The zero-order valence-corrected chi connectivity index (χ0v) is 16.6. The molecule has 3 aromatic rings. The van der Waals surface area contributed by atoms with Gasteiger partial charge in [0, 0.05) is 52.5 Å². The lowest BCUT2D eigenvalue weighted by molar-refractivity contribution is 0.187. The first kappa shape index (κ1) is 17.2. The molecular formula is C20H20N2O3S2. The lowest BCUT2D eigenvalue weighted by Gasteiger charge is -2.42. The van der Waals surface area contributed by atoms with Crippen LogP contribution in [0.4, 0.5) is 0 Å². The van der Waals surface area contributed by atoms with E-state index >= 15 is 0 Å². The van der Waals surface area contributed by atoms with Gasteiger partial charge in [0.05, 0.1) is 6.26 Å². The topological polar surface area (TPSA) is 59.4 Å². The molecule has 2 aliphatic heterocycles. The van der Waals surface area contributed by atoms with Crippen LogP contribution in [0.2, 0.25) is 0 Å². The number of hydrogen-bond acceptors (Lipinski definition) is 4. The third-order valence-corrected chi connectivity index (χ3v) is 8.10. The molecule has 0 saturated carbocycles. The summed E-state index contributed by atoms with van der Waals surface area (Å²) in [6, 6.07) is 14.0. The molecule has 1 aromatic carbocycles. The molecule has 0 radical (unpaired) electrons. The lowest BCUT2D eigenvalue weighted by Crippen LogP contribution is -2.49. The van der Waals surface area contributed by atoms with Gasteiger partial charge in [0.1, 0.15) is 0 Å². The molecule has 2 aliphatic rings. The second kappa shape index (κ2) is 6.02. The van der Waals surface area contributed by atoms with Crippen molar-refractivity contribution in [2.45, 2.75) is 18.9 Å². The van der Waals surface area contributed by atoms with E-state index < -0.39 is 10.0 Å². The van der Waals surface area contributed by atoms with Gasteiger partial charge in [0.25, 0.3) is 5.56 Å². The van der Waals surface area contributed by atoms with E-state index in [0.29, 0.717) is 19.6 Å². The van der Waals surface area contributed by atoms with Crippen LogP contribution in [0.1, 0.15) is 18.0 Å². The summed E-state index contributed by atoms with van der Waals surface area (Å²) in [5.74, 6) is 0.252. The minimum Gasteiger partial charge on any atom is -0.311 e. The van der Waals surface area contributed by atoms with Crippen LogP contribution in [0, 0.1) is 5.92 Å². The van der Waals surface area contributed by atoms with E-state index in [9.17, 15) is 13.2 Å². The van der Waals surface area contributed by atoms with Crippen LogP contribution in [0.3, 0.4) is 0 Å². The van der Waals surface area contributed by atoms with Crippen molar-refractivity contribution in [2.24, 2.45) is 5.92 Å². The van der Waals surface area contributed by atoms with Crippen molar-refractivity contribution in [1.82, 2.24) is 8.87 Å². The van der Waals surface area contributed by atoms with Crippen LogP contribution in [0.5, 0.6) is 0 Å². The SMILES string of the molecule is CS(=O)(=O)N1C[C@H]2C[C@H](C1)c1c(-c3cc4ccccc4s3)ccc(=O)n1C2. The minimum atomic E-state index is -3.23. The molecule has 2 atom stereocenters. The van der Waals surface area contributed by atoms with Gasteiger partial charge in [0.2, 0.25) is 10.0 Å². The molecule has 2 aromatic heterocycles. The number of nitrogens with zero attached hydrogens (tertiary/aromatic N) is 2. The molecular weight excluding hydrogens is 380 g/mol. The second-order valence-corrected chi connectivity index (χ2v) is 10.7. The first-order valence-electron chi connectivity index (χ1n) is 9.08. The van der Waals surface area contributed by atoms with Crippen molar-refractivity contribution < 1.29 is 8.42 Å². The van der Waals surface area contributed by atoms with Gasteiger partial charge < -0.3 is 4.57 Å². The molecule has 7 heteroatoms. The number of fused-ring (bicyclic) bond motifs is 5. The van der Waals surface area contributed by atoms with Crippen LogP contribution in [-0.4, -0.2) is 36.6 Å². The molecule has 140 valence electrons. The van der Waals surface area contributed by atoms with Crippen LogP contribution in [0.15, 0.2) is 47.3 Å². The highest BCUT2D eigenvalue weighted by Crippen LogP contribution is 2.43. The van der Waals surface area contributed by atoms with E-state index in [1.54, 1.807) is 21.7 Å². The number of aromatic nitrogens is 1. The van der Waals surface area contributed by atoms with Crippen molar-refractivity contribution in [3.63, 3.8) is 0 Å². The molecule has 0 spiro atoms. The maximum absolute atomic E-state index is 12.6. The van der Waals surface area contributed by atoms with Gasteiger partial charge in [-0.2, -0.15) is 0 Å². The third-order valence-electron chi connectivity index (χ3n) is 5.72. The molecule has 4 heterocycles. The van der Waals surface area contributed by atoms with E-state index in [4.69, 9.17) is 0 Å². The molecule has 0 N–H and O–H groups in total. The molecule has 0 unspecified atom stereocenters. The number of pyridine rings is 1. The first-order valence-corrected chi connectivity index (χ1v) is 11.7. The Morgan fingerprint density at radius 1 is 1.07 bits per heavy atom. The molecule has 27 heavy (non-hydrogen) atoms. The summed E-state index contributed by atoms with van der Waals surface area (Å²) in [6.07, 6.45) is 2.21. The molecule has 5 nitrogen and oxygen atoms in total. The standard InChI is InChI=1S/C20H20N2O3S2/c1-27(24,25)21-10-13-8-15(12-21)20-16(6-7-19(23)22(20)11-13)18-9-14-4-2-3-5-17(14)26-18/h2-7,9,13,15H,8,10-12H2,1H3/t13-,15-/m1/s1. The zero-order chi connectivity index (χ0) is 18.8. The Kier molecular flexibility index (Phi) is 3.83. The van der Waals surface area contributed by atoms with Crippen molar-refractivity contribution in [2.75, 3.05) is 19.3 Å². The quantitative estimate of drug-likeness (QED) is 0.664. The Morgan fingerprint density at radius 3 is 2.67 bits per heavy atom. The van der Waals surface area contributed by atoms with Gasteiger partial charge in [-0.15, -0.1) is 11.3 Å². The zero-order valence-electron chi connectivity index (χ0n) is 15.0. The fourth-order valence-corrected chi connectivity index (χ4v) is 6.59. The van der Waals surface area contributed by atoms with Crippen molar-refractivity contribution in [1.29, 1.82) is 0 Å². The minimum absolute atomic E-state index is 0.0115. The van der Waals surface area contributed by atoms with Gasteiger partial charge in [-0.05, 0) is 35.9 Å². The molecule has 1 saturated heterocycles. The summed E-state index contributed by atoms with van der Waals surface area (Å²) in [4.78, 5) is 13.7. The molecule has 1 fully saturated rings. The molecule has 2 bridgehead atoms. The van der Waals surface area contributed by atoms with Crippen LogP contribution in [0.25, 0.3) is 20.5 Å². The average Bonchev–Trinajstić information content (AvgIpc) is 3.05. The Labute approximate surface area is 161 Å². The summed E-state index contributed by atoms with van der Waals surface area (Å²) in [7, 11) is -3.23. The first-order chi connectivity index (χ1) is 12.9. The Hall–Kier alpha value is -1.96. The monoisotopic (exact) mass is 400 g/mol. The van der Waals surface area contributed by atoms with Crippen LogP contribution in [-0.2, 0) is 16.6 Å². The average molecular weight is 401 g/mol. The summed E-state index contributed by atoms with van der Waals surface area (Å²) < 4.78 is 28.9. The number of rotatable bonds is 2. The smallest absolute Gasteiger partial charge is 0.250 e. The van der Waals surface area contributed by atoms with E-state index in [1.807, 2.05) is 22.8 Å². The fraction of sp³-hybridized carbons (Fsp3) is 0.350. The maximum Gasteiger partial charge on any atom is 0.250 e. The number of thiophene rings is 1. The van der Waals surface area contributed by atoms with E-state index in [0.717, 1.165) is 22.6 Å². The van der Waals surface area contributed by atoms with Crippen LogP contribution >= 0.6 is 11.3 Å². The normalized spacial score (nSPS) is 22.7. The van der Waals surface area contributed by atoms with Gasteiger partial charge in [-0.25, -0.2) is 12.7 Å². The van der Waals surface area contributed by atoms with Crippen LogP contribution < -0.4 is 5.56 Å². The summed E-state index contributed by atoms with van der Waals surface area (Å²) in [5.41, 5.74) is 2.07.